The van der Waals surface area contributed by atoms with E-state index in [0.717, 1.165) is 12.1 Å². The zero-order valence-corrected chi connectivity index (χ0v) is 9.47. The first-order valence-corrected chi connectivity index (χ1v) is 5.47. The van der Waals surface area contributed by atoms with Crippen LogP contribution in [0, 0.1) is 11.6 Å². The lowest BCUT2D eigenvalue weighted by atomic mass is 10.1. The molecule has 0 heterocycles. The molecule has 1 aliphatic carbocycles. The summed E-state index contributed by atoms with van der Waals surface area (Å²) in [6.07, 6.45) is 1.34. The quantitative estimate of drug-likeness (QED) is 0.843. The van der Waals surface area contributed by atoms with Crippen LogP contribution in [0.1, 0.15) is 31.4 Å². The molecule has 5 heteroatoms. The number of halogens is 2. The van der Waals surface area contributed by atoms with E-state index in [0.29, 0.717) is 18.4 Å². The van der Waals surface area contributed by atoms with Crippen LogP contribution in [-0.2, 0) is 4.79 Å². The summed E-state index contributed by atoms with van der Waals surface area (Å²) >= 11 is 0. The predicted molar refractivity (Wildman–Crippen MR) is 59.1 cm³/mol. The molecule has 3 N–H and O–H groups in total. The van der Waals surface area contributed by atoms with Gasteiger partial charge in [-0.1, -0.05) is 6.07 Å². The van der Waals surface area contributed by atoms with Crippen molar-refractivity contribution in [2.75, 3.05) is 0 Å². The molecule has 1 aromatic carbocycles. The van der Waals surface area contributed by atoms with Gasteiger partial charge in [0.1, 0.15) is 0 Å². The highest BCUT2D eigenvalue weighted by Gasteiger charge is 2.46. The number of carbonyl (C=O) groups excluding carboxylic acids is 1. The maximum Gasteiger partial charge on any atom is 0.240 e. The summed E-state index contributed by atoms with van der Waals surface area (Å²) in [5, 5.41) is 2.69. The van der Waals surface area contributed by atoms with Gasteiger partial charge in [0.15, 0.2) is 11.6 Å². The number of carbonyl (C=O) groups is 1. The lowest BCUT2D eigenvalue weighted by Gasteiger charge is -2.17. The first kappa shape index (κ1) is 12.0. The average Bonchev–Trinajstić information content (AvgIpc) is 3.02. The molecule has 0 aromatic heterocycles. The molecule has 0 saturated heterocycles. The minimum atomic E-state index is -0.919. The third-order valence-corrected chi connectivity index (χ3v) is 3.03. The molecule has 1 saturated carbocycles. The van der Waals surface area contributed by atoms with Crippen molar-refractivity contribution >= 4 is 5.91 Å². The topological polar surface area (TPSA) is 55.1 Å². The molecule has 1 aromatic rings. The maximum absolute atomic E-state index is 13.0. The summed E-state index contributed by atoms with van der Waals surface area (Å²) in [6.45, 7) is 1.70. The van der Waals surface area contributed by atoms with Crippen molar-refractivity contribution in [3.63, 3.8) is 0 Å². The van der Waals surface area contributed by atoms with Crippen LogP contribution in [0.4, 0.5) is 8.78 Å². The van der Waals surface area contributed by atoms with Gasteiger partial charge in [-0.15, -0.1) is 0 Å². The standard InChI is InChI=1S/C12H14F2N2O/c1-7(16-11(17)12(15)4-5-12)8-2-3-9(13)10(14)6-8/h2-3,6-7H,4-5,15H2,1H3,(H,16,17). The van der Waals surface area contributed by atoms with Gasteiger partial charge in [-0.25, -0.2) is 8.78 Å². The molecule has 2 rings (SSSR count). The molecule has 17 heavy (non-hydrogen) atoms. The van der Waals surface area contributed by atoms with Crippen molar-refractivity contribution in [1.82, 2.24) is 5.32 Å². The summed E-state index contributed by atoms with van der Waals surface area (Å²) in [5.74, 6) is -2.06. The Morgan fingerprint density at radius 3 is 2.59 bits per heavy atom. The largest absolute Gasteiger partial charge is 0.348 e. The molecule has 0 aliphatic heterocycles. The van der Waals surface area contributed by atoms with E-state index in [1.54, 1.807) is 6.92 Å². The minimum absolute atomic E-state index is 0.241. The molecule has 0 spiro atoms. The Kier molecular flexibility index (Phi) is 2.87. The van der Waals surface area contributed by atoms with Crippen LogP contribution in [0.3, 0.4) is 0 Å². The molecule has 1 unspecified atom stereocenters. The second-order valence-electron chi connectivity index (χ2n) is 4.52. The zero-order valence-electron chi connectivity index (χ0n) is 9.47. The summed E-state index contributed by atoms with van der Waals surface area (Å²) in [6, 6.07) is 3.18. The molecule has 1 amide bonds. The Labute approximate surface area is 98.0 Å². The van der Waals surface area contributed by atoms with E-state index in [9.17, 15) is 13.6 Å². The molecule has 92 valence electrons. The molecule has 1 fully saturated rings. The predicted octanol–water partition coefficient (Wildman–Crippen LogP) is 1.63. The molecule has 1 aliphatic rings. The highest BCUT2D eigenvalue weighted by Crippen LogP contribution is 2.33. The Hall–Kier alpha value is -1.49. The SMILES string of the molecule is CC(NC(=O)C1(N)CC1)c1ccc(F)c(F)c1. The van der Waals surface area contributed by atoms with Crippen LogP contribution in [-0.4, -0.2) is 11.4 Å². The average molecular weight is 240 g/mol. The number of rotatable bonds is 3. The highest BCUT2D eigenvalue weighted by atomic mass is 19.2. The van der Waals surface area contributed by atoms with Crippen molar-refractivity contribution in [3.8, 4) is 0 Å². The van der Waals surface area contributed by atoms with E-state index in [-0.39, 0.29) is 5.91 Å². The Bertz CT molecular complexity index is 458. The van der Waals surface area contributed by atoms with Crippen molar-refractivity contribution in [2.24, 2.45) is 5.73 Å². The van der Waals surface area contributed by atoms with Gasteiger partial charge in [-0.2, -0.15) is 0 Å². The third kappa shape index (κ3) is 2.44. The van der Waals surface area contributed by atoms with Gasteiger partial charge >= 0.3 is 0 Å². The van der Waals surface area contributed by atoms with Crippen molar-refractivity contribution in [3.05, 3.63) is 35.4 Å². The van der Waals surface area contributed by atoms with Gasteiger partial charge < -0.3 is 11.1 Å². The normalized spacial score (nSPS) is 18.6. The summed E-state index contributed by atoms with van der Waals surface area (Å²) in [7, 11) is 0. The van der Waals surface area contributed by atoms with Crippen LogP contribution >= 0.6 is 0 Å². The van der Waals surface area contributed by atoms with E-state index < -0.39 is 23.2 Å². The van der Waals surface area contributed by atoms with E-state index in [1.807, 2.05) is 0 Å². The monoisotopic (exact) mass is 240 g/mol. The number of amides is 1. The third-order valence-electron chi connectivity index (χ3n) is 3.03. The fourth-order valence-corrected chi connectivity index (χ4v) is 1.57. The summed E-state index contributed by atoms with van der Waals surface area (Å²) in [4.78, 5) is 11.7. The first-order chi connectivity index (χ1) is 7.92. The van der Waals surface area contributed by atoms with Crippen LogP contribution in [0.15, 0.2) is 18.2 Å². The number of benzene rings is 1. The lowest BCUT2D eigenvalue weighted by Crippen LogP contribution is -2.43. The van der Waals surface area contributed by atoms with Crippen LogP contribution in [0.2, 0.25) is 0 Å². The number of nitrogens with one attached hydrogen (secondary N) is 1. The maximum atomic E-state index is 13.0. The van der Waals surface area contributed by atoms with Gasteiger partial charge in [-0.05, 0) is 37.5 Å². The minimum Gasteiger partial charge on any atom is -0.348 e. The molecule has 3 nitrogen and oxygen atoms in total. The lowest BCUT2D eigenvalue weighted by molar-refractivity contribution is -0.123. The van der Waals surface area contributed by atoms with E-state index in [4.69, 9.17) is 5.73 Å². The second-order valence-corrected chi connectivity index (χ2v) is 4.52. The molecule has 1 atom stereocenters. The fraction of sp³-hybridized carbons (Fsp3) is 0.417. The number of nitrogens with two attached hydrogens (primary N) is 1. The van der Waals surface area contributed by atoms with Gasteiger partial charge in [-0.3, -0.25) is 4.79 Å². The van der Waals surface area contributed by atoms with Crippen LogP contribution in [0.25, 0.3) is 0 Å². The molecule has 0 bridgehead atoms. The van der Waals surface area contributed by atoms with E-state index >= 15 is 0 Å². The van der Waals surface area contributed by atoms with Crippen LogP contribution in [0.5, 0.6) is 0 Å². The smallest absolute Gasteiger partial charge is 0.240 e. The van der Waals surface area contributed by atoms with Crippen molar-refractivity contribution in [2.45, 2.75) is 31.3 Å². The summed E-state index contributed by atoms with van der Waals surface area (Å²) < 4.78 is 25.8. The Morgan fingerprint density at radius 2 is 2.06 bits per heavy atom. The number of hydrogen-bond acceptors (Lipinski definition) is 2. The number of hydrogen-bond donors (Lipinski definition) is 2. The van der Waals surface area contributed by atoms with E-state index in [1.165, 1.54) is 6.07 Å². The Balaban J connectivity index is 2.06. The van der Waals surface area contributed by atoms with Crippen molar-refractivity contribution in [1.29, 1.82) is 0 Å². The van der Waals surface area contributed by atoms with Gasteiger partial charge in [0.25, 0.3) is 0 Å². The van der Waals surface area contributed by atoms with Gasteiger partial charge in [0.05, 0.1) is 11.6 Å². The first-order valence-electron chi connectivity index (χ1n) is 5.47. The zero-order chi connectivity index (χ0) is 12.6. The summed E-state index contributed by atoms with van der Waals surface area (Å²) in [5.41, 5.74) is 5.48. The fourth-order valence-electron chi connectivity index (χ4n) is 1.57. The molecular weight excluding hydrogens is 226 g/mol. The molecular formula is C12H14F2N2O. The van der Waals surface area contributed by atoms with Crippen LogP contribution < -0.4 is 11.1 Å². The van der Waals surface area contributed by atoms with Crippen molar-refractivity contribution < 1.29 is 13.6 Å². The van der Waals surface area contributed by atoms with Gasteiger partial charge in [0, 0.05) is 0 Å². The highest BCUT2D eigenvalue weighted by molar-refractivity contribution is 5.89. The second kappa shape index (κ2) is 4.07. The Morgan fingerprint density at radius 1 is 1.41 bits per heavy atom. The molecule has 0 radical (unpaired) electrons. The van der Waals surface area contributed by atoms with Gasteiger partial charge in [0.2, 0.25) is 5.91 Å². The van der Waals surface area contributed by atoms with E-state index in [2.05, 4.69) is 5.32 Å².